The Balaban J connectivity index is 2.17. The number of hydrogen-bond donors (Lipinski definition) is 1. The summed E-state index contributed by atoms with van der Waals surface area (Å²) in [5.41, 5.74) is 0. The highest BCUT2D eigenvalue weighted by molar-refractivity contribution is 7.89. The van der Waals surface area contributed by atoms with E-state index in [4.69, 9.17) is 0 Å². The van der Waals surface area contributed by atoms with Gasteiger partial charge < -0.3 is 0 Å². The lowest BCUT2D eigenvalue weighted by Crippen LogP contribution is -2.36. The smallest absolute Gasteiger partial charge is 0.208 e. The van der Waals surface area contributed by atoms with Crippen molar-refractivity contribution in [2.24, 2.45) is 0 Å². The number of benzene rings is 1. The predicted octanol–water partition coefficient (Wildman–Crippen LogP) is 3.36. The highest BCUT2D eigenvalue weighted by Crippen LogP contribution is 2.22. The fourth-order valence-electron chi connectivity index (χ4n) is 2.59. The second-order valence-corrected chi connectivity index (χ2v) is 6.86. The summed E-state index contributed by atoms with van der Waals surface area (Å²) in [6.07, 6.45) is 6.63. The van der Waals surface area contributed by atoms with Crippen molar-refractivity contribution < 1.29 is 17.2 Å². The van der Waals surface area contributed by atoms with Gasteiger partial charge in [-0.15, -0.1) is 0 Å². The SMILES string of the molecule is O=S(=O)(NC1CCCCCCC1)c1c(F)cccc1F. The van der Waals surface area contributed by atoms with Crippen LogP contribution in [0.3, 0.4) is 0 Å². The first-order valence-corrected chi connectivity index (χ1v) is 8.45. The van der Waals surface area contributed by atoms with Crippen LogP contribution in [0.1, 0.15) is 44.9 Å². The minimum Gasteiger partial charge on any atom is -0.208 e. The topological polar surface area (TPSA) is 46.2 Å². The van der Waals surface area contributed by atoms with Crippen LogP contribution in [0.15, 0.2) is 23.1 Å². The largest absolute Gasteiger partial charge is 0.246 e. The van der Waals surface area contributed by atoms with Gasteiger partial charge in [0.15, 0.2) is 4.90 Å². The van der Waals surface area contributed by atoms with Gasteiger partial charge in [0.2, 0.25) is 10.0 Å². The Kier molecular flexibility index (Phi) is 5.10. The van der Waals surface area contributed by atoms with Gasteiger partial charge in [-0.3, -0.25) is 0 Å². The normalized spacial score (nSPS) is 18.5. The Labute approximate surface area is 118 Å². The molecule has 1 aromatic carbocycles. The lowest BCUT2D eigenvalue weighted by atomic mass is 9.97. The average Bonchev–Trinajstić information content (AvgIpc) is 2.31. The second-order valence-electron chi connectivity index (χ2n) is 5.21. The van der Waals surface area contributed by atoms with Gasteiger partial charge in [0.1, 0.15) is 11.6 Å². The van der Waals surface area contributed by atoms with Gasteiger partial charge in [0.25, 0.3) is 0 Å². The van der Waals surface area contributed by atoms with E-state index in [1.807, 2.05) is 0 Å². The molecule has 1 aliphatic carbocycles. The third-order valence-electron chi connectivity index (χ3n) is 3.61. The Bertz CT molecular complexity index is 532. The number of halogens is 2. The van der Waals surface area contributed by atoms with Crippen molar-refractivity contribution in [1.29, 1.82) is 0 Å². The van der Waals surface area contributed by atoms with E-state index >= 15 is 0 Å². The van der Waals surface area contributed by atoms with Crippen molar-refractivity contribution >= 4 is 10.0 Å². The monoisotopic (exact) mass is 303 g/mol. The molecule has 6 heteroatoms. The molecule has 0 unspecified atom stereocenters. The van der Waals surface area contributed by atoms with Gasteiger partial charge in [-0.25, -0.2) is 21.9 Å². The lowest BCUT2D eigenvalue weighted by Gasteiger charge is -2.21. The van der Waals surface area contributed by atoms with E-state index in [2.05, 4.69) is 4.72 Å². The number of sulfonamides is 1. The molecule has 1 saturated carbocycles. The summed E-state index contributed by atoms with van der Waals surface area (Å²) in [5.74, 6) is -2.10. The van der Waals surface area contributed by atoms with Gasteiger partial charge >= 0.3 is 0 Å². The summed E-state index contributed by atoms with van der Waals surface area (Å²) >= 11 is 0. The molecular formula is C14H19F2NO2S. The lowest BCUT2D eigenvalue weighted by molar-refractivity contribution is 0.423. The zero-order valence-electron chi connectivity index (χ0n) is 11.2. The Morgan fingerprint density at radius 2 is 1.45 bits per heavy atom. The van der Waals surface area contributed by atoms with Crippen LogP contribution in [-0.2, 0) is 10.0 Å². The zero-order chi connectivity index (χ0) is 14.6. The van der Waals surface area contributed by atoms with Crippen LogP contribution in [0.2, 0.25) is 0 Å². The molecule has 0 saturated heterocycles. The molecule has 0 heterocycles. The van der Waals surface area contributed by atoms with Crippen molar-refractivity contribution in [2.45, 2.75) is 55.9 Å². The van der Waals surface area contributed by atoms with Crippen LogP contribution in [0.25, 0.3) is 0 Å². The maximum Gasteiger partial charge on any atom is 0.246 e. The zero-order valence-corrected chi connectivity index (χ0v) is 12.1. The van der Waals surface area contributed by atoms with E-state index in [-0.39, 0.29) is 6.04 Å². The predicted molar refractivity (Wildman–Crippen MR) is 72.8 cm³/mol. The Morgan fingerprint density at radius 1 is 0.950 bits per heavy atom. The summed E-state index contributed by atoms with van der Waals surface area (Å²) in [4.78, 5) is -0.873. The Hall–Kier alpha value is -1.01. The maximum atomic E-state index is 13.6. The molecule has 1 aromatic rings. The van der Waals surface area contributed by atoms with Crippen molar-refractivity contribution in [2.75, 3.05) is 0 Å². The van der Waals surface area contributed by atoms with Gasteiger partial charge in [0, 0.05) is 6.04 Å². The number of hydrogen-bond acceptors (Lipinski definition) is 2. The van der Waals surface area contributed by atoms with Crippen LogP contribution in [0.4, 0.5) is 8.78 Å². The summed E-state index contributed by atoms with van der Waals surface area (Å²) in [6, 6.07) is 2.82. The average molecular weight is 303 g/mol. The Morgan fingerprint density at radius 3 is 2.00 bits per heavy atom. The summed E-state index contributed by atoms with van der Waals surface area (Å²) in [7, 11) is -4.15. The van der Waals surface area contributed by atoms with Crippen molar-refractivity contribution in [1.82, 2.24) is 4.72 Å². The molecule has 20 heavy (non-hydrogen) atoms. The first kappa shape index (κ1) is 15.4. The highest BCUT2D eigenvalue weighted by Gasteiger charge is 2.26. The van der Waals surface area contributed by atoms with E-state index in [0.717, 1.165) is 56.7 Å². The molecule has 0 radical (unpaired) electrons. The molecular weight excluding hydrogens is 284 g/mol. The van der Waals surface area contributed by atoms with Crippen LogP contribution >= 0.6 is 0 Å². The highest BCUT2D eigenvalue weighted by atomic mass is 32.2. The first-order valence-electron chi connectivity index (χ1n) is 6.97. The molecule has 0 amide bonds. The molecule has 0 aromatic heterocycles. The maximum absolute atomic E-state index is 13.6. The minimum atomic E-state index is -4.15. The third kappa shape index (κ3) is 3.76. The van der Waals surface area contributed by atoms with E-state index in [1.54, 1.807) is 0 Å². The summed E-state index contributed by atoms with van der Waals surface area (Å²) in [5, 5.41) is 0. The van der Waals surface area contributed by atoms with Crippen molar-refractivity contribution in [3.63, 3.8) is 0 Å². The number of nitrogens with one attached hydrogen (secondary N) is 1. The van der Waals surface area contributed by atoms with Crippen LogP contribution in [0, 0.1) is 11.6 Å². The van der Waals surface area contributed by atoms with Crippen LogP contribution < -0.4 is 4.72 Å². The van der Waals surface area contributed by atoms with E-state index < -0.39 is 26.6 Å². The van der Waals surface area contributed by atoms with Crippen molar-refractivity contribution in [3.05, 3.63) is 29.8 Å². The summed E-state index contributed by atoms with van der Waals surface area (Å²) in [6.45, 7) is 0. The second kappa shape index (κ2) is 6.63. The minimum absolute atomic E-state index is 0.237. The quantitative estimate of drug-likeness (QED) is 0.930. The van der Waals surface area contributed by atoms with Crippen LogP contribution in [-0.4, -0.2) is 14.5 Å². The van der Waals surface area contributed by atoms with E-state index in [0.29, 0.717) is 0 Å². The van der Waals surface area contributed by atoms with Gasteiger partial charge in [-0.2, -0.15) is 0 Å². The third-order valence-corrected chi connectivity index (χ3v) is 5.19. The molecule has 0 aliphatic heterocycles. The van der Waals surface area contributed by atoms with Gasteiger partial charge in [-0.05, 0) is 25.0 Å². The molecule has 0 spiro atoms. The van der Waals surface area contributed by atoms with Crippen molar-refractivity contribution in [3.8, 4) is 0 Å². The fourth-order valence-corrected chi connectivity index (χ4v) is 4.03. The molecule has 0 bridgehead atoms. The molecule has 1 N–H and O–H groups in total. The molecule has 3 nitrogen and oxygen atoms in total. The first-order chi connectivity index (χ1) is 9.50. The molecule has 1 fully saturated rings. The molecule has 2 rings (SSSR count). The molecule has 0 atom stereocenters. The van der Waals surface area contributed by atoms with Crippen LogP contribution in [0.5, 0.6) is 0 Å². The number of rotatable bonds is 3. The van der Waals surface area contributed by atoms with Gasteiger partial charge in [-0.1, -0.05) is 38.2 Å². The summed E-state index contributed by atoms with van der Waals surface area (Å²) < 4.78 is 53.9. The van der Waals surface area contributed by atoms with E-state index in [1.165, 1.54) is 6.42 Å². The molecule has 1 aliphatic rings. The standard InChI is InChI=1S/C14H19F2NO2S/c15-12-9-6-10-13(16)14(12)20(18,19)17-11-7-4-2-1-3-5-8-11/h6,9-11,17H,1-5,7-8H2. The van der Waals surface area contributed by atoms with E-state index in [9.17, 15) is 17.2 Å². The molecule has 112 valence electrons. The fraction of sp³-hybridized carbons (Fsp3) is 0.571. The van der Waals surface area contributed by atoms with Gasteiger partial charge in [0.05, 0.1) is 0 Å².